The molecule has 5 amide bonds. The monoisotopic (exact) mass is 812 g/mol. The van der Waals surface area contributed by atoms with Crippen LogP contribution in [-0.2, 0) is 24.0 Å². The number of nitrogens with zero attached hydrogens (tertiary/aromatic N) is 3. The largest absolute Gasteiger partial charge is 0.347 e. The van der Waals surface area contributed by atoms with Gasteiger partial charge in [0, 0.05) is 25.0 Å². The number of likely N-dealkylation sites (tertiary alicyclic amines) is 1. The lowest BCUT2D eigenvalue weighted by molar-refractivity contribution is -0.146. The van der Waals surface area contributed by atoms with Crippen molar-refractivity contribution in [3.05, 3.63) is 24.3 Å². The molecule has 2 heterocycles. The summed E-state index contributed by atoms with van der Waals surface area (Å²) in [6, 6.07) is -3.68. The minimum Gasteiger partial charge on any atom is -0.347 e. The number of nitrogens with one attached hydrogen (secondary N) is 4. The molecule has 0 aromatic carbocycles. The van der Waals surface area contributed by atoms with E-state index < -0.39 is 59.0 Å². The summed E-state index contributed by atoms with van der Waals surface area (Å²) in [5.74, 6) is -3.20. The summed E-state index contributed by atoms with van der Waals surface area (Å²) in [6.45, 7) is 7.85. The average Bonchev–Trinajstić information content (AvgIpc) is 3.65. The Hall–Kier alpha value is -3.20. The van der Waals surface area contributed by atoms with E-state index in [1.54, 1.807) is 4.90 Å². The third-order valence-electron chi connectivity index (χ3n) is 10.7. The Morgan fingerprint density at radius 1 is 0.836 bits per heavy atom. The first-order chi connectivity index (χ1) is 23.4. The molecule has 13 nitrogen and oxygen atoms in total. The quantitative estimate of drug-likeness (QED) is 0.196. The number of rotatable bonds is 13. The maximum Gasteiger partial charge on any atom is 0.289 e. The van der Waals surface area contributed by atoms with Gasteiger partial charge in [0.1, 0.15) is 23.8 Å². The minimum absolute atomic E-state index is 0. The van der Waals surface area contributed by atoms with Crippen molar-refractivity contribution in [2.75, 3.05) is 6.54 Å². The normalized spacial score (nSPS) is 21.6. The van der Waals surface area contributed by atoms with Gasteiger partial charge in [-0.05, 0) is 68.1 Å². The Bertz CT molecular complexity index is 1400. The lowest BCUT2D eigenvalue weighted by Gasteiger charge is -2.38. The second kappa shape index (κ2) is 23.8. The average molecular weight is 812 g/mol. The molecule has 1 saturated heterocycles. The van der Waals surface area contributed by atoms with Gasteiger partial charge in [0.25, 0.3) is 11.8 Å². The predicted octanol–water partition coefficient (Wildman–Crippen LogP) is 5.22. The highest BCUT2D eigenvalue weighted by Gasteiger charge is 2.52. The van der Waals surface area contributed by atoms with Gasteiger partial charge in [-0.2, -0.15) is 27.0 Å². The number of Topliss-reactive ketones (excluding diaryl/α,β-unsaturated/α-hetero) is 1. The topological polar surface area (TPSA) is 180 Å². The molecule has 55 heavy (non-hydrogen) atoms. The fraction of sp³-hybridized carbons (Fsp3) is 0.750. The van der Waals surface area contributed by atoms with E-state index in [4.69, 9.17) is 0 Å². The van der Waals surface area contributed by atoms with Crippen molar-refractivity contribution in [3.63, 3.8) is 0 Å². The zero-order chi connectivity index (χ0) is 35.3. The van der Waals surface area contributed by atoms with Crippen LogP contribution >= 0.6 is 27.0 Å². The van der Waals surface area contributed by atoms with Crippen LogP contribution in [0.15, 0.2) is 18.6 Å². The molecule has 15 heteroatoms. The molecular formula is C40H73N7O6S2. The summed E-state index contributed by atoms with van der Waals surface area (Å²) in [5.41, 5.74) is -0.638. The van der Waals surface area contributed by atoms with Gasteiger partial charge in [-0.15, -0.1) is 0 Å². The first kappa shape index (κ1) is 53.9. The van der Waals surface area contributed by atoms with Gasteiger partial charge >= 0.3 is 0 Å². The summed E-state index contributed by atoms with van der Waals surface area (Å²) in [4.78, 5) is 91.4. The van der Waals surface area contributed by atoms with E-state index in [1.807, 2.05) is 27.7 Å². The third-order valence-corrected chi connectivity index (χ3v) is 10.7. The number of aromatic nitrogens is 2. The molecule has 4 N–H and O–H groups in total. The lowest BCUT2D eigenvalue weighted by atomic mass is 9.82. The number of carbonyl (C=O) groups excluding carboxylic acids is 6. The van der Waals surface area contributed by atoms with Crippen molar-refractivity contribution in [1.82, 2.24) is 36.1 Å². The van der Waals surface area contributed by atoms with E-state index in [0.29, 0.717) is 19.4 Å². The fourth-order valence-corrected chi connectivity index (χ4v) is 7.87. The number of hydrogen-bond donors (Lipinski definition) is 4. The third kappa shape index (κ3) is 13.5. The Balaban J connectivity index is 0. The van der Waals surface area contributed by atoms with Gasteiger partial charge < -0.3 is 26.2 Å². The molecule has 0 unspecified atom stereocenters. The highest BCUT2D eigenvalue weighted by molar-refractivity contribution is 7.59. The maximum absolute atomic E-state index is 14.6. The highest BCUT2D eigenvalue weighted by atomic mass is 32.1. The number of amides is 5. The summed E-state index contributed by atoms with van der Waals surface area (Å²) in [7, 11) is 0. The molecule has 1 aromatic rings. The molecule has 4 aliphatic rings. The number of ketones is 1. The Morgan fingerprint density at radius 3 is 2.05 bits per heavy atom. The van der Waals surface area contributed by atoms with Gasteiger partial charge in [0.05, 0.1) is 12.2 Å². The molecule has 0 spiro atoms. The Morgan fingerprint density at radius 2 is 1.49 bits per heavy atom. The van der Waals surface area contributed by atoms with Crippen LogP contribution in [0.3, 0.4) is 0 Å². The minimum atomic E-state index is -0.994. The Labute approximate surface area is 344 Å². The van der Waals surface area contributed by atoms with E-state index in [1.165, 1.54) is 18.6 Å². The zero-order valence-corrected chi connectivity index (χ0v) is 32.3. The van der Waals surface area contributed by atoms with E-state index in [9.17, 15) is 28.8 Å². The second-order valence-electron chi connectivity index (χ2n) is 15.5. The maximum atomic E-state index is 14.6. The summed E-state index contributed by atoms with van der Waals surface area (Å²) >= 11 is 0. The van der Waals surface area contributed by atoms with Crippen molar-refractivity contribution in [1.29, 1.82) is 0 Å². The van der Waals surface area contributed by atoms with Gasteiger partial charge in [0.2, 0.25) is 23.5 Å². The van der Waals surface area contributed by atoms with Gasteiger partial charge in [-0.1, -0.05) is 89.5 Å². The summed E-state index contributed by atoms with van der Waals surface area (Å²) in [6.07, 6.45) is 13.9. The van der Waals surface area contributed by atoms with Crippen molar-refractivity contribution < 1.29 is 28.8 Å². The molecule has 1 aliphatic heterocycles. The van der Waals surface area contributed by atoms with Crippen LogP contribution in [-0.4, -0.2) is 86.9 Å². The smallest absolute Gasteiger partial charge is 0.289 e. The molecular weight excluding hydrogens is 739 g/mol. The van der Waals surface area contributed by atoms with Crippen LogP contribution in [0.1, 0.15) is 145 Å². The zero-order valence-electron chi connectivity index (χ0n) is 30.3. The predicted molar refractivity (Wildman–Crippen MR) is 228 cm³/mol. The molecule has 3 aliphatic carbocycles. The SMILES string of the molecule is C.C.C.C.CCC[C@@H](NC(=O)[C@@H]1[C@@H]2CCC[C@H]2CN1C(=O)[C@H](NC(=O)[C@@H](NC(=O)c1cnccn1)C1CCCCC1)C(C)(C)C)C(=O)C(=O)NC1CC1.S.S. The summed E-state index contributed by atoms with van der Waals surface area (Å²) in [5, 5.41) is 11.5. The second-order valence-corrected chi connectivity index (χ2v) is 15.5. The van der Waals surface area contributed by atoms with E-state index in [2.05, 4.69) is 31.2 Å². The number of hydrogen-bond acceptors (Lipinski definition) is 8. The standard InChI is InChI=1S/C36H53N7O6.4CH4.2H2S/c1-5-10-25(29(44)34(48)39-23-15-16-23)40-33(47)28-24-14-9-13-22(24)20-43(28)35(49)30(36(2,3)4)42-32(46)27(21-11-7-6-8-12-21)41-31(45)26-19-37-17-18-38-26;;;;;;/h17-19,21-25,27-28,30H,5-16,20H2,1-4H3,(H,39,48)(H,40,47)(H,41,45)(H,42,46);4*1H4;2*1H2/t22-,24+,25+,27-,28-,30-;;;;;;/m0....../s1. The van der Waals surface area contributed by atoms with Gasteiger partial charge in [-0.25, -0.2) is 4.98 Å². The first-order valence-electron chi connectivity index (χ1n) is 18.2. The van der Waals surface area contributed by atoms with E-state index in [0.717, 1.165) is 64.2 Å². The fourth-order valence-electron chi connectivity index (χ4n) is 7.87. The summed E-state index contributed by atoms with van der Waals surface area (Å²) < 4.78 is 0. The van der Waals surface area contributed by atoms with Crippen LogP contribution in [0, 0.1) is 23.2 Å². The number of carbonyl (C=O) groups is 6. The molecule has 316 valence electrons. The van der Waals surface area contributed by atoms with Crippen molar-refractivity contribution >= 4 is 62.3 Å². The van der Waals surface area contributed by atoms with E-state index in [-0.39, 0.29) is 92.1 Å². The highest BCUT2D eigenvalue weighted by Crippen LogP contribution is 2.43. The lowest BCUT2D eigenvalue weighted by Crippen LogP contribution is -2.62. The number of fused-ring (bicyclic) bond motifs is 1. The van der Waals surface area contributed by atoms with Crippen molar-refractivity contribution in [2.45, 2.75) is 165 Å². The Kier molecular flexibility index (Phi) is 23.3. The molecule has 5 rings (SSSR count). The molecule has 4 fully saturated rings. The molecule has 6 atom stereocenters. The van der Waals surface area contributed by atoms with Gasteiger partial charge in [0.15, 0.2) is 0 Å². The molecule has 3 saturated carbocycles. The van der Waals surface area contributed by atoms with Crippen LogP contribution in [0.5, 0.6) is 0 Å². The van der Waals surface area contributed by atoms with Crippen molar-refractivity contribution in [2.24, 2.45) is 23.2 Å². The molecule has 0 bridgehead atoms. The first-order valence-corrected chi connectivity index (χ1v) is 18.2. The van der Waals surface area contributed by atoms with Gasteiger partial charge in [-0.3, -0.25) is 33.8 Å². The molecule has 1 aromatic heterocycles. The molecule has 0 radical (unpaired) electrons. The van der Waals surface area contributed by atoms with E-state index >= 15 is 0 Å². The van der Waals surface area contributed by atoms with Crippen LogP contribution in [0.4, 0.5) is 0 Å². The van der Waals surface area contributed by atoms with Crippen LogP contribution in [0.25, 0.3) is 0 Å². The van der Waals surface area contributed by atoms with Crippen LogP contribution in [0.2, 0.25) is 0 Å². The van der Waals surface area contributed by atoms with Crippen LogP contribution < -0.4 is 21.3 Å². The van der Waals surface area contributed by atoms with Crippen molar-refractivity contribution in [3.8, 4) is 0 Å².